The molecule has 114 valence electrons. The van der Waals surface area contributed by atoms with E-state index in [1.807, 2.05) is 6.07 Å². The number of benzene rings is 1. The number of nitrogens with zero attached hydrogens (tertiary/aromatic N) is 2. The van der Waals surface area contributed by atoms with Crippen LogP contribution in [0.15, 0.2) is 35.1 Å². The smallest absolute Gasteiger partial charge is 0.274 e. The maximum atomic E-state index is 12.5. The Morgan fingerprint density at radius 2 is 1.86 bits per heavy atom. The summed E-state index contributed by atoms with van der Waals surface area (Å²) in [7, 11) is 0. The first-order chi connectivity index (χ1) is 10.5. The molecule has 0 saturated heterocycles. The molecule has 3 rings (SSSR count). The first kappa shape index (κ1) is 14.5. The minimum atomic E-state index is -0.593. The van der Waals surface area contributed by atoms with Crippen LogP contribution in [0.2, 0.25) is 5.02 Å². The van der Waals surface area contributed by atoms with Crippen molar-refractivity contribution < 1.29 is 15.0 Å². The molecular formula is C15H13ClN2O4. The van der Waals surface area contributed by atoms with E-state index in [-0.39, 0.29) is 18.8 Å². The number of halogens is 1. The summed E-state index contributed by atoms with van der Waals surface area (Å²) in [5.41, 5.74) is 0.0623. The molecule has 1 aliphatic heterocycles. The quantitative estimate of drug-likeness (QED) is 0.880. The molecule has 0 unspecified atom stereocenters. The van der Waals surface area contributed by atoms with Gasteiger partial charge in [0.1, 0.15) is 0 Å². The normalized spacial score (nSPS) is 14.0. The molecule has 1 aliphatic rings. The van der Waals surface area contributed by atoms with E-state index < -0.39 is 23.0 Å². The standard InChI is InChI=1S/C15H13ClN2O4/c16-10-4-2-1-3-9(10)8-17-5-6-18-12(20)7-11(19)14(21)13(18)15(17)22/h1-4,7,19,21H,5-6,8H2. The number of pyridine rings is 1. The Labute approximate surface area is 130 Å². The second kappa shape index (κ2) is 5.38. The summed E-state index contributed by atoms with van der Waals surface area (Å²) in [4.78, 5) is 25.8. The van der Waals surface area contributed by atoms with E-state index in [0.29, 0.717) is 11.6 Å². The van der Waals surface area contributed by atoms with Gasteiger partial charge in [0.2, 0.25) is 0 Å². The average molecular weight is 321 g/mol. The number of aromatic hydroxyl groups is 2. The molecule has 6 nitrogen and oxygen atoms in total. The topological polar surface area (TPSA) is 82.8 Å². The van der Waals surface area contributed by atoms with E-state index in [1.54, 1.807) is 18.2 Å². The van der Waals surface area contributed by atoms with Gasteiger partial charge in [-0.3, -0.25) is 14.2 Å². The Morgan fingerprint density at radius 1 is 1.14 bits per heavy atom. The van der Waals surface area contributed by atoms with Crippen molar-refractivity contribution in [3.63, 3.8) is 0 Å². The zero-order valence-corrected chi connectivity index (χ0v) is 12.2. The Hall–Kier alpha value is -2.47. The minimum absolute atomic E-state index is 0.191. The molecule has 7 heteroatoms. The molecule has 0 saturated carbocycles. The van der Waals surface area contributed by atoms with Gasteiger partial charge in [-0.2, -0.15) is 0 Å². The molecule has 2 N–H and O–H groups in total. The number of amides is 1. The largest absolute Gasteiger partial charge is 0.504 e. The van der Waals surface area contributed by atoms with Crippen LogP contribution in [0.4, 0.5) is 0 Å². The van der Waals surface area contributed by atoms with Crippen LogP contribution < -0.4 is 5.56 Å². The highest BCUT2D eigenvalue weighted by Crippen LogP contribution is 2.30. The fourth-order valence-corrected chi connectivity index (χ4v) is 2.71. The molecular weight excluding hydrogens is 308 g/mol. The van der Waals surface area contributed by atoms with Gasteiger partial charge in [0.05, 0.1) is 0 Å². The van der Waals surface area contributed by atoms with Crippen LogP contribution >= 0.6 is 11.6 Å². The molecule has 2 heterocycles. The number of aromatic nitrogens is 1. The summed E-state index contributed by atoms with van der Waals surface area (Å²) in [6.07, 6.45) is 0. The lowest BCUT2D eigenvalue weighted by atomic mass is 10.1. The molecule has 2 aromatic rings. The van der Waals surface area contributed by atoms with Crippen LogP contribution in [0.25, 0.3) is 0 Å². The maximum Gasteiger partial charge on any atom is 0.274 e. The SMILES string of the molecule is O=C1c2c(O)c(O)cc(=O)n2CCN1Cc1ccccc1Cl. The number of carbonyl (C=O) groups is 1. The van der Waals surface area contributed by atoms with Crippen LogP contribution in [0, 0.1) is 0 Å². The molecule has 1 aromatic heterocycles. The summed E-state index contributed by atoms with van der Waals surface area (Å²) in [5, 5.41) is 20.0. The third-order valence-electron chi connectivity index (χ3n) is 3.67. The fraction of sp³-hybridized carbons (Fsp3) is 0.200. The van der Waals surface area contributed by atoms with Crippen LogP contribution in [-0.2, 0) is 13.1 Å². The number of carbonyl (C=O) groups excluding carboxylic acids is 1. The van der Waals surface area contributed by atoms with Crippen molar-refractivity contribution in [3.8, 4) is 11.5 Å². The summed E-state index contributed by atoms with van der Waals surface area (Å²) in [6, 6.07) is 8.04. The van der Waals surface area contributed by atoms with Crippen LogP contribution in [0.3, 0.4) is 0 Å². The van der Waals surface area contributed by atoms with Gasteiger partial charge in [-0.05, 0) is 11.6 Å². The Kier molecular flexibility index (Phi) is 3.54. The lowest BCUT2D eigenvalue weighted by molar-refractivity contribution is 0.0680. The van der Waals surface area contributed by atoms with Gasteiger partial charge in [0.15, 0.2) is 17.2 Å². The van der Waals surface area contributed by atoms with Crippen molar-refractivity contribution in [1.29, 1.82) is 0 Å². The minimum Gasteiger partial charge on any atom is -0.504 e. The highest BCUT2D eigenvalue weighted by atomic mass is 35.5. The first-order valence-electron chi connectivity index (χ1n) is 6.67. The van der Waals surface area contributed by atoms with Gasteiger partial charge in [0, 0.05) is 30.7 Å². The van der Waals surface area contributed by atoms with Crippen molar-refractivity contribution in [2.24, 2.45) is 0 Å². The molecule has 0 spiro atoms. The van der Waals surface area contributed by atoms with E-state index >= 15 is 0 Å². The summed E-state index contributed by atoms with van der Waals surface area (Å²) < 4.78 is 1.17. The van der Waals surface area contributed by atoms with Gasteiger partial charge >= 0.3 is 0 Å². The molecule has 0 aliphatic carbocycles. The molecule has 0 bridgehead atoms. The highest BCUT2D eigenvalue weighted by Gasteiger charge is 2.30. The number of hydrogen-bond donors (Lipinski definition) is 2. The van der Waals surface area contributed by atoms with Crippen LogP contribution in [-0.4, -0.2) is 32.1 Å². The van der Waals surface area contributed by atoms with Crippen molar-refractivity contribution in [2.45, 2.75) is 13.1 Å². The lowest BCUT2D eigenvalue weighted by Gasteiger charge is -2.30. The predicted octanol–water partition coefficient (Wildman–Crippen LogP) is 1.57. The Balaban J connectivity index is 1.98. The van der Waals surface area contributed by atoms with Gasteiger partial charge in [0.25, 0.3) is 11.5 Å². The Bertz CT molecular complexity index is 816. The van der Waals surface area contributed by atoms with Gasteiger partial charge < -0.3 is 15.1 Å². The third-order valence-corrected chi connectivity index (χ3v) is 4.03. The van der Waals surface area contributed by atoms with Gasteiger partial charge in [-0.15, -0.1) is 0 Å². The van der Waals surface area contributed by atoms with E-state index in [9.17, 15) is 19.8 Å². The molecule has 22 heavy (non-hydrogen) atoms. The second-order valence-electron chi connectivity index (χ2n) is 5.03. The average Bonchev–Trinajstić information content (AvgIpc) is 2.49. The summed E-state index contributed by atoms with van der Waals surface area (Å²) in [5.74, 6) is -1.69. The van der Waals surface area contributed by atoms with E-state index in [0.717, 1.165) is 11.6 Å². The van der Waals surface area contributed by atoms with Gasteiger partial charge in [-0.1, -0.05) is 29.8 Å². The molecule has 1 aromatic carbocycles. The number of fused-ring (bicyclic) bond motifs is 1. The van der Waals surface area contributed by atoms with Crippen LogP contribution in [0.5, 0.6) is 11.5 Å². The summed E-state index contributed by atoms with van der Waals surface area (Å²) >= 11 is 6.09. The predicted molar refractivity (Wildman–Crippen MR) is 80.2 cm³/mol. The number of rotatable bonds is 2. The van der Waals surface area contributed by atoms with Gasteiger partial charge in [-0.25, -0.2) is 0 Å². The number of hydrogen-bond acceptors (Lipinski definition) is 4. The lowest BCUT2D eigenvalue weighted by Crippen LogP contribution is -2.43. The van der Waals surface area contributed by atoms with E-state index in [4.69, 9.17) is 11.6 Å². The zero-order valence-electron chi connectivity index (χ0n) is 11.5. The van der Waals surface area contributed by atoms with Crippen molar-refractivity contribution >= 4 is 17.5 Å². The van der Waals surface area contributed by atoms with Crippen molar-refractivity contribution in [1.82, 2.24) is 9.47 Å². The maximum absolute atomic E-state index is 12.5. The third kappa shape index (κ3) is 2.31. The van der Waals surface area contributed by atoms with E-state index in [2.05, 4.69) is 0 Å². The van der Waals surface area contributed by atoms with Crippen molar-refractivity contribution in [2.75, 3.05) is 6.54 Å². The monoisotopic (exact) mass is 320 g/mol. The van der Waals surface area contributed by atoms with E-state index in [1.165, 1.54) is 9.47 Å². The molecule has 0 radical (unpaired) electrons. The summed E-state index contributed by atoms with van der Waals surface area (Å²) in [6.45, 7) is 0.834. The molecule has 0 atom stereocenters. The highest BCUT2D eigenvalue weighted by molar-refractivity contribution is 6.31. The zero-order chi connectivity index (χ0) is 15.9. The first-order valence-corrected chi connectivity index (χ1v) is 7.05. The second-order valence-corrected chi connectivity index (χ2v) is 5.44. The van der Waals surface area contributed by atoms with Crippen molar-refractivity contribution in [3.05, 3.63) is 57.0 Å². The molecule has 0 fully saturated rings. The fourth-order valence-electron chi connectivity index (χ4n) is 2.52. The Morgan fingerprint density at radius 3 is 2.59 bits per heavy atom. The van der Waals surface area contributed by atoms with Crippen LogP contribution in [0.1, 0.15) is 16.1 Å². The molecule has 1 amide bonds.